The predicted molar refractivity (Wildman–Crippen MR) is 52.0 cm³/mol. The smallest absolute Gasteiger partial charge is 0.142 e. The van der Waals surface area contributed by atoms with E-state index in [1.165, 1.54) is 6.07 Å². The lowest BCUT2D eigenvalue weighted by molar-refractivity contribution is 0.446. The Morgan fingerprint density at radius 2 is 2.00 bits per heavy atom. The van der Waals surface area contributed by atoms with Crippen molar-refractivity contribution in [3.63, 3.8) is 0 Å². The Morgan fingerprint density at radius 3 is 2.54 bits per heavy atom. The van der Waals surface area contributed by atoms with Crippen molar-refractivity contribution in [3.05, 3.63) is 33.6 Å². The highest BCUT2D eigenvalue weighted by Crippen LogP contribution is 2.35. The second-order valence-corrected chi connectivity index (χ2v) is 3.90. The molecule has 0 spiro atoms. The van der Waals surface area contributed by atoms with Crippen LogP contribution in [0.15, 0.2) is 12.1 Å². The van der Waals surface area contributed by atoms with Crippen LogP contribution in [-0.2, 0) is 0 Å². The molecule has 0 amide bonds. The van der Waals surface area contributed by atoms with E-state index in [2.05, 4.69) is 5.32 Å². The largest absolute Gasteiger partial charge is 0.315 e. The molecule has 1 aliphatic rings. The van der Waals surface area contributed by atoms with Crippen molar-refractivity contribution in [3.8, 4) is 0 Å². The van der Waals surface area contributed by atoms with Crippen LogP contribution in [0.3, 0.4) is 0 Å². The van der Waals surface area contributed by atoms with Gasteiger partial charge in [-0.1, -0.05) is 23.2 Å². The van der Waals surface area contributed by atoms with Crippen molar-refractivity contribution in [2.24, 2.45) is 0 Å². The third-order valence-corrected chi connectivity index (χ3v) is 2.98. The van der Waals surface area contributed by atoms with Crippen LogP contribution in [0.2, 0.25) is 10.0 Å². The van der Waals surface area contributed by atoms with Gasteiger partial charge in [-0.05, 0) is 17.7 Å². The molecule has 1 saturated heterocycles. The number of halogens is 3. The lowest BCUT2D eigenvalue weighted by atomic mass is 9.93. The summed E-state index contributed by atoms with van der Waals surface area (Å²) >= 11 is 11.7. The summed E-state index contributed by atoms with van der Waals surface area (Å²) in [5.41, 5.74) is 0.738. The quantitative estimate of drug-likeness (QED) is 0.717. The van der Waals surface area contributed by atoms with E-state index in [4.69, 9.17) is 23.2 Å². The standard InChI is InChI=1S/C9H8Cl2FN/c10-6-1-2-7(12)9(11)8(6)5-3-13-4-5/h1-2,5,13H,3-4H2. The number of nitrogens with one attached hydrogen (secondary N) is 1. The summed E-state index contributed by atoms with van der Waals surface area (Å²) < 4.78 is 13.1. The highest BCUT2D eigenvalue weighted by Gasteiger charge is 2.25. The van der Waals surface area contributed by atoms with E-state index in [9.17, 15) is 4.39 Å². The second kappa shape index (κ2) is 3.45. The van der Waals surface area contributed by atoms with Crippen molar-refractivity contribution in [2.75, 3.05) is 13.1 Å². The molecule has 4 heteroatoms. The van der Waals surface area contributed by atoms with Crippen LogP contribution in [0.25, 0.3) is 0 Å². The normalized spacial score (nSPS) is 17.2. The summed E-state index contributed by atoms with van der Waals surface area (Å²) in [4.78, 5) is 0. The molecule has 0 aliphatic carbocycles. The van der Waals surface area contributed by atoms with Crippen LogP contribution < -0.4 is 5.32 Å². The van der Waals surface area contributed by atoms with Gasteiger partial charge in [0, 0.05) is 24.0 Å². The molecule has 13 heavy (non-hydrogen) atoms. The zero-order chi connectivity index (χ0) is 9.42. The summed E-state index contributed by atoms with van der Waals surface area (Å²) in [5, 5.41) is 3.81. The van der Waals surface area contributed by atoms with Gasteiger partial charge >= 0.3 is 0 Å². The summed E-state index contributed by atoms with van der Waals surface area (Å²) in [6.07, 6.45) is 0. The highest BCUT2D eigenvalue weighted by molar-refractivity contribution is 6.36. The number of rotatable bonds is 1. The molecular formula is C9H8Cl2FN. The van der Waals surface area contributed by atoms with E-state index in [1.54, 1.807) is 6.07 Å². The molecule has 1 fully saturated rings. The first-order valence-electron chi connectivity index (χ1n) is 4.04. The van der Waals surface area contributed by atoms with Gasteiger partial charge in [-0.3, -0.25) is 0 Å². The van der Waals surface area contributed by atoms with Gasteiger partial charge in [-0.2, -0.15) is 0 Å². The minimum Gasteiger partial charge on any atom is -0.315 e. The fraction of sp³-hybridized carbons (Fsp3) is 0.333. The van der Waals surface area contributed by atoms with E-state index < -0.39 is 5.82 Å². The van der Waals surface area contributed by atoms with Crippen LogP contribution >= 0.6 is 23.2 Å². The van der Waals surface area contributed by atoms with Gasteiger partial charge in [-0.15, -0.1) is 0 Å². The second-order valence-electron chi connectivity index (χ2n) is 3.11. The average Bonchev–Trinajstić information content (AvgIpc) is 2.02. The molecule has 1 N–H and O–H groups in total. The molecule has 1 nitrogen and oxygen atoms in total. The van der Waals surface area contributed by atoms with Crippen LogP contribution in [0, 0.1) is 5.82 Å². The molecular weight excluding hydrogens is 212 g/mol. The van der Waals surface area contributed by atoms with Crippen molar-refractivity contribution >= 4 is 23.2 Å². The van der Waals surface area contributed by atoms with E-state index in [0.29, 0.717) is 5.02 Å². The first-order valence-corrected chi connectivity index (χ1v) is 4.80. The first kappa shape index (κ1) is 9.25. The molecule has 1 heterocycles. The Hall–Kier alpha value is -0.310. The lowest BCUT2D eigenvalue weighted by Crippen LogP contribution is -2.40. The third kappa shape index (κ3) is 1.54. The van der Waals surface area contributed by atoms with E-state index in [0.717, 1.165) is 18.7 Å². The summed E-state index contributed by atoms with van der Waals surface area (Å²) in [5.74, 6) is -0.135. The van der Waals surface area contributed by atoms with E-state index in [-0.39, 0.29) is 10.9 Å². The van der Waals surface area contributed by atoms with Crippen molar-refractivity contribution < 1.29 is 4.39 Å². The molecule has 1 aliphatic heterocycles. The Labute approximate surface area is 85.8 Å². The van der Waals surface area contributed by atoms with Gasteiger partial charge < -0.3 is 5.32 Å². The molecule has 0 unspecified atom stereocenters. The highest BCUT2D eigenvalue weighted by atomic mass is 35.5. The Kier molecular flexibility index (Phi) is 2.45. The Morgan fingerprint density at radius 1 is 1.31 bits per heavy atom. The third-order valence-electron chi connectivity index (χ3n) is 2.27. The first-order chi connectivity index (χ1) is 6.20. The number of hydrogen-bond donors (Lipinski definition) is 1. The van der Waals surface area contributed by atoms with E-state index >= 15 is 0 Å². The van der Waals surface area contributed by atoms with Gasteiger partial charge in [-0.25, -0.2) is 4.39 Å². The van der Waals surface area contributed by atoms with Gasteiger partial charge in [0.25, 0.3) is 0 Å². The fourth-order valence-corrected chi connectivity index (χ4v) is 2.09. The topological polar surface area (TPSA) is 12.0 Å². The SMILES string of the molecule is Fc1ccc(Cl)c(C2CNC2)c1Cl. The predicted octanol–water partition coefficient (Wildman–Crippen LogP) is 2.82. The minimum absolute atomic E-state index is 0.166. The van der Waals surface area contributed by atoms with Crippen molar-refractivity contribution in [2.45, 2.75) is 5.92 Å². The fourth-order valence-electron chi connectivity index (χ4n) is 1.41. The van der Waals surface area contributed by atoms with Crippen LogP contribution in [-0.4, -0.2) is 13.1 Å². The molecule has 0 saturated carbocycles. The van der Waals surface area contributed by atoms with Gasteiger partial charge in [0.05, 0.1) is 5.02 Å². The maximum absolute atomic E-state index is 13.1. The zero-order valence-electron chi connectivity index (χ0n) is 6.78. The van der Waals surface area contributed by atoms with Crippen molar-refractivity contribution in [1.29, 1.82) is 0 Å². The van der Waals surface area contributed by atoms with Crippen LogP contribution in [0.1, 0.15) is 11.5 Å². The van der Waals surface area contributed by atoms with Crippen LogP contribution in [0.5, 0.6) is 0 Å². The van der Waals surface area contributed by atoms with Crippen molar-refractivity contribution in [1.82, 2.24) is 5.32 Å². The average molecular weight is 220 g/mol. The molecule has 0 aromatic heterocycles. The number of benzene rings is 1. The maximum atomic E-state index is 13.1. The molecule has 1 aromatic rings. The molecule has 2 rings (SSSR count). The number of hydrogen-bond acceptors (Lipinski definition) is 1. The minimum atomic E-state index is -0.395. The molecule has 1 aromatic carbocycles. The monoisotopic (exact) mass is 219 g/mol. The zero-order valence-corrected chi connectivity index (χ0v) is 8.29. The van der Waals surface area contributed by atoms with Gasteiger partial charge in [0.15, 0.2) is 0 Å². The Bertz CT molecular complexity index is 337. The van der Waals surface area contributed by atoms with E-state index in [1.807, 2.05) is 0 Å². The van der Waals surface area contributed by atoms with Gasteiger partial charge in [0.1, 0.15) is 5.82 Å². The molecule has 0 radical (unpaired) electrons. The summed E-state index contributed by atoms with van der Waals surface area (Å²) in [6.45, 7) is 1.64. The molecule has 70 valence electrons. The molecule has 0 bridgehead atoms. The van der Waals surface area contributed by atoms with Crippen LogP contribution in [0.4, 0.5) is 4.39 Å². The maximum Gasteiger partial charge on any atom is 0.142 e. The van der Waals surface area contributed by atoms with Gasteiger partial charge in [0.2, 0.25) is 0 Å². The summed E-state index contributed by atoms with van der Waals surface area (Å²) in [7, 11) is 0. The lowest BCUT2D eigenvalue weighted by Gasteiger charge is -2.29. The Balaban J connectivity index is 2.46. The molecule has 0 atom stereocenters. The summed E-state index contributed by atoms with van der Waals surface area (Å²) in [6, 6.07) is 2.84.